The number of carbonyl (C=O) groups excluding carboxylic acids is 1. The number of fused-ring (bicyclic) bond motifs is 4. The summed E-state index contributed by atoms with van der Waals surface area (Å²) >= 11 is 0. The number of carbonyl (C=O) groups is 1. The summed E-state index contributed by atoms with van der Waals surface area (Å²) in [5, 5.41) is 0. The maximum Gasteiger partial charge on any atom is 0.255 e. The van der Waals surface area contributed by atoms with Gasteiger partial charge in [0.2, 0.25) is 5.91 Å². The van der Waals surface area contributed by atoms with Crippen LogP contribution in [0.4, 0.5) is 0 Å². The number of nitrogens with zero attached hydrogens (tertiary/aromatic N) is 5. The molecule has 2 aliphatic heterocycles. The van der Waals surface area contributed by atoms with E-state index in [1.165, 1.54) is 0 Å². The third kappa shape index (κ3) is 4.49. The van der Waals surface area contributed by atoms with Gasteiger partial charge < -0.3 is 23.7 Å². The summed E-state index contributed by atoms with van der Waals surface area (Å²) in [6, 6.07) is 4.08. The maximum absolute atomic E-state index is 13.2. The van der Waals surface area contributed by atoms with Crippen molar-refractivity contribution in [1.29, 1.82) is 0 Å². The number of piperidine rings is 1. The Morgan fingerprint density at radius 1 is 1.30 bits per heavy atom. The van der Waals surface area contributed by atoms with Crippen LogP contribution in [0.1, 0.15) is 30.0 Å². The van der Waals surface area contributed by atoms with Gasteiger partial charge in [-0.2, -0.15) is 0 Å². The fourth-order valence-electron chi connectivity index (χ4n) is 4.74. The highest BCUT2D eigenvalue weighted by atomic mass is 16.5. The molecule has 1 fully saturated rings. The summed E-state index contributed by atoms with van der Waals surface area (Å²) in [6.45, 7) is 4.92. The van der Waals surface area contributed by atoms with E-state index in [1.54, 1.807) is 13.3 Å². The summed E-state index contributed by atoms with van der Waals surface area (Å²) in [4.78, 5) is 33.8. The summed E-state index contributed by atoms with van der Waals surface area (Å²) in [5.41, 5.74) is 2.03. The lowest BCUT2D eigenvalue weighted by atomic mass is 9.83. The molecule has 0 unspecified atom stereocenters. The monoisotopic (exact) mass is 413 g/mol. The van der Waals surface area contributed by atoms with Crippen molar-refractivity contribution in [3.05, 3.63) is 52.5 Å². The molecule has 162 valence electrons. The van der Waals surface area contributed by atoms with Gasteiger partial charge in [0.05, 0.1) is 19.4 Å². The maximum atomic E-state index is 13.2. The van der Waals surface area contributed by atoms with E-state index in [-0.39, 0.29) is 17.4 Å². The first-order valence-electron chi connectivity index (χ1n) is 10.7. The molecule has 2 bridgehead atoms. The average molecular weight is 414 g/mol. The summed E-state index contributed by atoms with van der Waals surface area (Å²) in [5.74, 6) is 0.734. The Kier molecular flexibility index (Phi) is 6.34. The predicted octanol–water partition coefficient (Wildman–Crippen LogP) is 1.16. The van der Waals surface area contributed by atoms with Crippen molar-refractivity contribution in [2.45, 2.75) is 38.4 Å². The number of ether oxygens (including phenoxy) is 1. The van der Waals surface area contributed by atoms with Crippen LogP contribution in [0.2, 0.25) is 0 Å². The van der Waals surface area contributed by atoms with E-state index in [4.69, 9.17) is 4.74 Å². The average Bonchev–Trinajstić information content (AvgIpc) is 3.26. The molecule has 0 saturated carbocycles. The van der Waals surface area contributed by atoms with Crippen molar-refractivity contribution in [3.63, 3.8) is 0 Å². The minimum Gasteiger partial charge on any atom is -0.384 e. The molecular weight excluding hydrogens is 382 g/mol. The predicted molar refractivity (Wildman–Crippen MR) is 113 cm³/mol. The Morgan fingerprint density at radius 3 is 2.93 bits per heavy atom. The molecule has 8 heteroatoms. The van der Waals surface area contributed by atoms with Gasteiger partial charge in [0.1, 0.15) is 0 Å². The largest absolute Gasteiger partial charge is 0.384 e. The van der Waals surface area contributed by atoms with Crippen LogP contribution < -0.4 is 5.56 Å². The number of aromatic nitrogens is 3. The number of pyridine rings is 1. The smallest absolute Gasteiger partial charge is 0.255 e. The van der Waals surface area contributed by atoms with Crippen LogP contribution in [-0.4, -0.2) is 70.2 Å². The highest BCUT2D eigenvalue weighted by Gasteiger charge is 2.36. The number of hydrogen-bond acceptors (Lipinski definition) is 5. The Morgan fingerprint density at radius 2 is 2.17 bits per heavy atom. The number of hydrogen-bond donors (Lipinski definition) is 0. The molecule has 0 spiro atoms. The Hall–Kier alpha value is -2.45. The van der Waals surface area contributed by atoms with Gasteiger partial charge in [0, 0.05) is 75.9 Å². The van der Waals surface area contributed by atoms with Crippen LogP contribution in [0.5, 0.6) is 0 Å². The lowest BCUT2D eigenvalue weighted by molar-refractivity contribution is -0.134. The molecule has 0 aromatic carbocycles. The van der Waals surface area contributed by atoms with Gasteiger partial charge in [-0.1, -0.05) is 6.07 Å². The van der Waals surface area contributed by atoms with E-state index in [0.717, 1.165) is 37.3 Å². The highest BCUT2D eigenvalue weighted by molar-refractivity contribution is 5.76. The Labute approximate surface area is 177 Å². The number of imidazole rings is 1. The molecule has 0 N–H and O–H groups in total. The minimum absolute atomic E-state index is 0.121. The van der Waals surface area contributed by atoms with Gasteiger partial charge in [0.15, 0.2) is 0 Å². The third-order valence-electron chi connectivity index (χ3n) is 6.30. The van der Waals surface area contributed by atoms with Gasteiger partial charge in [-0.25, -0.2) is 4.98 Å². The van der Waals surface area contributed by atoms with Crippen LogP contribution in [0.25, 0.3) is 0 Å². The zero-order valence-corrected chi connectivity index (χ0v) is 17.9. The van der Waals surface area contributed by atoms with Crippen molar-refractivity contribution in [2.24, 2.45) is 5.92 Å². The van der Waals surface area contributed by atoms with E-state index < -0.39 is 0 Å². The molecule has 2 atom stereocenters. The molecule has 2 aliphatic rings. The van der Waals surface area contributed by atoms with Gasteiger partial charge in [-0.3, -0.25) is 9.59 Å². The van der Waals surface area contributed by atoms with E-state index in [1.807, 2.05) is 39.7 Å². The Balaban J connectivity index is 1.44. The number of likely N-dealkylation sites (tertiary alicyclic amines) is 1. The topological polar surface area (TPSA) is 72.6 Å². The summed E-state index contributed by atoms with van der Waals surface area (Å²) < 4.78 is 9.06. The van der Waals surface area contributed by atoms with Crippen LogP contribution in [0, 0.1) is 5.92 Å². The normalized spacial score (nSPS) is 20.4. The second-order valence-electron chi connectivity index (χ2n) is 8.58. The van der Waals surface area contributed by atoms with Gasteiger partial charge in [0.25, 0.3) is 5.56 Å². The second-order valence-corrected chi connectivity index (χ2v) is 8.58. The number of methoxy groups -OCH3 is 1. The lowest BCUT2D eigenvalue weighted by Crippen LogP contribution is -2.49. The quantitative estimate of drug-likeness (QED) is 0.649. The summed E-state index contributed by atoms with van der Waals surface area (Å²) in [6.07, 6.45) is 7.01. The molecular formula is C22H31N5O3. The van der Waals surface area contributed by atoms with Crippen molar-refractivity contribution < 1.29 is 9.53 Å². The number of likely N-dealkylation sites (N-methyl/N-ethyl adjacent to an activating group) is 1. The first-order chi connectivity index (χ1) is 14.5. The number of rotatable bonds is 8. The third-order valence-corrected chi connectivity index (χ3v) is 6.30. The minimum atomic E-state index is 0.121. The fourth-order valence-corrected chi connectivity index (χ4v) is 4.74. The molecule has 4 rings (SSSR count). The molecule has 2 aromatic rings. The lowest BCUT2D eigenvalue weighted by Gasteiger charge is -2.43. The van der Waals surface area contributed by atoms with Crippen LogP contribution in [-0.2, 0) is 29.2 Å². The first-order valence-corrected chi connectivity index (χ1v) is 10.7. The van der Waals surface area contributed by atoms with Crippen molar-refractivity contribution in [2.75, 3.05) is 40.4 Å². The molecule has 2 aromatic heterocycles. The molecule has 0 aliphatic carbocycles. The molecule has 1 saturated heterocycles. The molecule has 4 heterocycles. The van der Waals surface area contributed by atoms with E-state index in [0.29, 0.717) is 38.6 Å². The van der Waals surface area contributed by atoms with Crippen molar-refractivity contribution >= 4 is 5.91 Å². The van der Waals surface area contributed by atoms with E-state index in [9.17, 15) is 9.59 Å². The standard InChI is InChI=1S/C22H31N5O3/c1-24(8-9-25-7-6-23-16-25)14-18-3-4-20-19-11-17(13-27(20)22(18)29)12-26(15-19)21(28)5-10-30-2/h3-4,6-7,16-17,19H,5,8-15H2,1-2H3/t17-,19+/m0/s1. The molecule has 1 amide bonds. The van der Waals surface area contributed by atoms with Crippen LogP contribution >= 0.6 is 0 Å². The van der Waals surface area contributed by atoms with Gasteiger partial charge >= 0.3 is 0 Å². The van der Waals surface area contributed by atoms with Crippen molar-refractivity contribution in [1.82, 2.24) is 23.9 Å². The molecule has 30 heavy (non-hydrogen) atoms. The SMILES string of the molecule is COCCC(=O)N1C[C@@H]2C[C@H](C1)c1ccc(CN(C)CCn3ccnc3)c(=O)n1C2. The fraction of sp³-hybridized carbons (Fsp3) is 0.591. The highest BCUT2D eigenvalue weighted by Crippen LogP contribution is 2.35. The Bertz CT molecular complexity index is 923. The van der Waals surface area contributed by atoms with E-state index in [2.05, 4.69) is 16.0 Å². The zero-order chi connectivity index (χ0) is 21.1. The second kappa shape index (κ2) is 9.14. The van der Waals surface area contributed by atoms with Gasteiger partial charge in [-0.15, -0.1) is 0 Å². The molecule has 0 radical (unpaired) electrons. The van der Waals surface area contributed by atoms with Crippen molar-refractivity contribution in [3.8, 4) is 0 Å². The first kappa shape index (κ1) is 20.8. The zero-order valence-electron chi connectivity index (χ0n) is 17.9. The van der Waals surface area contributed by atoms with E-state index >= 15 is 0 Å². The van der Waals surface area contributed by atoms with Crippen LogP contribution in [0.15, 0.2) is 35.6 Å². The van der Waals surface area contributed by atoms with Crippen LogP contribution in [0.3, 0.4) is 0 Å². The number of amides is 1. The molecule has 8 nitrogen and oxygen atoms in total. The summed E-state index contributed by atoms with van der Waals surface area (Å²) in [7, 11) is 3.66. The van der Waals surface area contributed by atoms with Gasteiger partial charge in [-0.05, 0) is 25.5 Å².